The number of aryl methyl sites for hydroxylation is 1. The molecule has 1 heterocycles. The minimum atomic E-state index is -0.976. The molecule has 2 N–H and O–H groups in total. The first-order valence-corrected chi connectivity index (χ1v) is 5.80. The smallest absolute Gasteiger partial charge is 0.211 e. The normalized spacial score (nSPS) is 12.6. The summed E-state index contributed by atoms with van der Waals surface area (Å²) >= 11 is 0. The van der Waals surface area contributed by atoms with Crippen LogP contribution in [-0.2, 0) is 6.54 Å². The Morgan fingerprint density at radius 3 is 2.53 bits per heavy atom. The third-order valence-corrected chi connectivity index (χ3v) is 2.70. The SMILES string of the molecule is Cc1cnc(C(C)NCc2cc(F)c(O)c(F)c2)o1. The lowest BCUT2D eigenvalue weighted by molar-refractivity contribution is 0.390. The molecular weight excluding hydrogens is 254 g/mol. The van der Waals surface area contributed by atoms with Crippen molar-refractivity contribution in [3.63, 3.8) is 0 Å². The summed E-state index contributed by atoms with van der Waals surface area (Å²) in [5.41, 5.74) is 0.392. The van der Waals surface area contributed by atoms with Gasteiger partial charge in [-0.15, -0.1) is 0 Å². The topological polar surface area (TPSA) is 58.3 Å². The fourth-order valence-corrected chi connectivity index (χ4v) is 1.65. The van der Waals surface area contributed by atoms with Crippen LogP contribution in [0.15, 0.2) is 22.7 Å². The van der Waals surface area contributed by atoms with E-state index in [-0.39, 0.29) is 12.6 Å². The molecule has 0 radical (unpaired) electrons. The Kier molecular flexibility index (Phi) is 3.80. The highest BCUT2D eigenvalue weighted by molar-refractivity contribution is 5.30. The lowest BCUT2D eigenvalue weighted by atomic mass is 10.2. The van der Waals surface area contributed by atoms with Crippen LogP contribution in [0.2, 0.25) is 0 Å². The van der Waals surface area contributed by atoms with Crippen molar-refractivity contribution >= 4 is 0 Å². The number of oxazole rings is 1. The molecule has 0 aliphatic rings. The van der Waals surface area contributed by atoms with E-state index in [9.17, 15) is 8.78 Å². The number of rotatable bonds is 4. The lowest BCUT2D eigenvalue weighted by Crippen LogP contribution is -2.18. The molecule has 0 spiro atoms. The molecule has 19 heavy (non-hydrogen) atoms. The van der Waals surface area contributed by atoms with E-state index >= 15 is 0 Å². The van der Waals surface area contributed by atoms with Crippen molar-refractivity contribution in [1.82, 2.24) is 10.3 Å². The molecule has 0 aliphatic heterocycles. The zero-order valence-electron chi connectivity index (χ0n) is 10.6. The zero-order chi connectivity index (χ0) is 14.0. The molecular formula is C13H14F2N2O2. The molecule has 0 saturated carbocycles. The molecule has 102 valence electrons. The van der Waals surface area contributed by atoms with Crippen LogP contribution in [0.3, 0.4) is 0 Å². The number of phenolic OH excluding ortho intramolecular Hbond substituents is 1. The first-order valence-electron chi connectivity index (χ1n) is 5.80. The Hall–Kier alpha value is -1.95. The molecule has 0 bridgehead atoms. The van der Waals surface area contributed by atoms with Crippen molar-refractivity contribution in [3.8, 4) is 5.75 Å². The summed E-state index contributed by atoms with van der Waals surface area (Å²) < 4.78 is 31.6. The van der Waals surface area contributed by atoms with Gasteiger partial charge in [0.25, 0.3) is 0 Å². The molecule has 2 rings (SSSR count). The highest BCUT2D eigenvalue weighted by Gasteiger charge is 2.13. The first kappa shape index (κ1) is 13.5. The Morgan fingerprint density at radius 1 is 1.37 bits per heavy atom. The number of aromatic hydroxyl groups is 1. The van der Waals surface area contributed by atoms with Crippen LogP contribution in [0.25, 0.3) is 0 Å². The van der Waals surface area contributed by atoms with Gasteiger partial charge < -0.3 is 14.8 Å². The van der Waals surface area contributed by atoms with Crippen LogP contribution in [0.4, 0.5) is 8.78 Å². The quantitative estimate of drug-likeness (QED) is 0.895. The van der Waals surface area contributed by atoms with Crippen LogP contribution >= 0.6 is 0 Å². The van der Waals surface area contributed by atoms with Gasteiger partial charge in [0, 0.05) is 6.54 Å². The summed E-state index contributed by atoms with van der Waals surface area (Å²) in [6.07, 6.45) is 1.60. The summed E-state index contributed by atoms with van der Waals surface area (Å²) in [7, 11) is 0. The maximum absolute atomic E-state index is 13.1. The minimum absolute atomic E-state index is 0.186. The van der Waals surface area contributed by atoms with Gasteiger partial charge in [-0.1, -0.05) is 0 Å². The van der Waals surface area contributed by atoms with Gasteiger partial charge in [-0.25, -0.2) is 13.8 Å². The van der Waals surface area contributed by atoms with Gasteiger partial charge >= 0.3 is 0 Å². The molecule has 2 aromatic rings. The van der Waals surface area contributed by atoms with Gasteiger partial charge in [-0.2, -0.15) is 0 Å². The van der Waals surface area contributed by atoms with Crippen molar-refractivity contribution in [2.24, 2.45) is 0 Å². The number of aromatic nitrogens is 1. The molecule has 4 nitrogen and oxygen atoms in total. The Bertz CT molecular complexity index is 561. The predicted molar refractivity (Wildman–Crippen MR) is 64.5 cm³/mol. The second-order valence-electron chi connectivity index (χ2n) is 4.32. The fraction of sp³-hybridized carbons (Fsp3) is 0.308. The van der Waals surface area contributed by atoms with Crippen LogP contribution < -0.4 is 5.32 Å². The highest BCUT2D eigenvalue weighted by Crippen LogP contribution is 2.22. The number of phenols is 1. The lowest BCUT2D eigenvalue weighted by Gasteiger charge is -2.11. The van der Waals surface area contributed by atoms with Crippen molar-refractivity contribution < 1.29 is 18.3 Å². The monoisotopic (exact) mass is 268 g/mol. The molecule has 0 fully saturated rings. The molecule has 1 aromatic carbocycles. The summed E-state index contributed by atoms with van der Waals surface area (Å²) in [5.74, 6) is -1.70. The number of nitrogens with one attached hydrogen (secondary N) is 1. The second-order valence-corrected chi connectivity index (χ2v) is 4.32. The van der Waals surface area contributed by atoms with Gasteiger partial charge in [0.2, 0.25) is 5.89 Å². The predicted octanol–water partition coefficient (Wildman–Crippen LogP) is 2.82. The highest BCUT2D eigenvalue weighted by atomic mass is 19.1. The van der Waals surface area contributed by atoms with Crippen molar-refractivity contribution in [3.05, 3.63) is 47.2 Å². The minimum Gasteiger partial charge on any atom is -0.503 e. The van der Waals surface area contributed by atoms with E-state index in [4.69, 9.17) is 9.52 Å². The van der Waals surface area contributed by atoms with E-state index < -0.39 is 17.4 Å². The number of halogens is 2. The fourth-order valence-electron chi connectivity index (χ4n) is 1.65. The van der Waals surface area contributed by atoms with E-state index in [0.717, 1.165) is 12.1 Å². The van der Waals surface area contributed by atoms with Crippen LogP contribution in [0, 0.1) is 18.6 Å². The number of benzene rings is 1. The molecule has 1 unspecified atom stereocenters. The van der Waals surface area contributed by atoms with E-state index in [2.05, 4.69) is 10.3 Å². The van der Waals surface area contributed by atoms with Gasteiger partial charge in [-0.05, 0) is 31.5 Å². The van der Waals surface area contributed by atoms with Gasteiger partial charge in [0.15, 0.2) is 17.4 Å². The summed E-state index contributed by atoms with van der Waals surface area (Å²) in [6, 6.07) is 1.98. The average Bonchev–Trinajstić information content (AvgIpc) is 2.79. The van der Waals surface area contributed by atoms with E-state index in [0.29, 0.717) is 17.2 Å². The molecule has 0 saturated heterocycles. The molecule has 1 atom stereocenters. The molecule has 1 aromatic heterocycles. The molecule has 0 amide bonds. The third-order valence-electron chi connectivity index (χ3n) is 2.70. The number of hydrogen-bond acceptors (Lipinski definition) is 4. The zero-order valence-corrected chi connectivity index (χ0v) is 10.6. The second kappa shape index (κ2) is 5.36. The molecule has 6 heteroatoms. The largest absolute Gasteiger partial charge is 0.503 e. The summed E-state index contributed by atoms with van der Waals surface area (Å²) in [4.78, 5) is 4.06. The van der Waals surface area contributed by atoms with Crippen LogP contribution in [0.5, 0.6) is 5.75 Å². The van der Waals surface area contributed by atoms with Crippen molar-refractivity contribution in [2.45, 2.75) is 26.4 Å². The Balaban J connectivity index is 2.03. The molecule has 0 aliphatic carbocycles. The maximum atomic E-state index is 13.1. The van der Waals surface area contributed by atoms with Crippen LogP contribution in [0.1, 0.15) is 30.2 Å². The van der Waals surface area contributed by atoms with Crippen LogP contribution in [-0.4, -0.2) is 10.1 Å². The summed E-state index contributed by atoms with van der Waals surface area (Å²) in [6.45, 7) is 3.85. The Labute approximate surface area is 109 Å². The Morgan fingerprint density at radius 2 is 2.00 bits per heavy atom. The summed E-state index contributed by atoms with van der Waals surface area (Å²) in [5, 5.41) is 12.0. The number of nitrogens with zero attached hydrogens (tertiary/aromatic N) is 1. The van der Waals surface area contributed by atoms with Gasteiger partial charge in [0.05, 0.1) is 12.2 Å². The third kappa shape index (κ3) is 3.08. The standard InChI is InChI=1S/C13H14F2N2O2/c1-7-5-17-13(19-7)8(2)16-6-9-3-10(14)12(18)11(15)4-9/h3-5,8,16,18H,6H2,1-2H3. The van der Waals surface area contributed by atoms with E-state index in [1.165, 1.54) is 0 Å². The van der Waals surface area contributed by atoms with E-state index in [1.807, 2.05) is 6.92 Å². The van der Waals surface area contributed by atoms with Crippen molar-refractivity contribution in [1.29, 1.82) is 0 Å². The average molecular weight is 268 g/mol. The van der Waals surface area contributed by atoms with Gasteiger partial charge in [0.1, 0.15) is 5.76 Å². The van der Waals surface area contributed by atoms with Crippen molar-refractivity contribution in [2.75, 3.05) is 0 Å². The maximum Gasteiger partial charge on any atom is 0.211 e. The van der Waals surface area contributed by atoms with E-state index in [1.54, 1.807) is 13.1 Å². The van der Waals surface area contributed by atoms with Gasteiger partial charge in [-0.3, -0.25) is 0 Å². The number of hydrogen-bond donors (Lipinski definition) is 2. The first-order chi connectivity index (χ1) is 8.97.